The molecule has 0 spiro atoms. The molecule has 126 valence electrons. The Morgan fingerprint density at radius 2 is 2.12 bits per heavy atom. The standard InChI is InChI=1S/C15H17N5O3S/c1-9(24-15-18-17-10(2)19(15)11-7-8-11)14(21)16-12-5-3-4-6-13(12)20(22)23/h3-6,9,11H,7-8H2,1-2H3,(H,16,21)/t9-/m1/s1. The summed E-state index contributed by atoms with van der Waals surface area (Å²) in [5.74, 6) is 0.531. The Morgan fingerprint density at radius 3 is 2.79 bits per heavy atom. The molecule has 1 aromatic carbocycles. The lowest BCUT2D eigenvalue weighted by molar-refractivity contribution is -0.383. The van der Waals surface area contributed by atoms with Crippen molar-refractivity contribution in [3.63, 3.8) is 0 Å². The quantitative estimate of drug-likeness (QED) is 0.489. The third-order valence-corrected chi connectivity index (χ3v) is 4.81. The van der Waals surface area contributed by atoms with Gasteiger partial charge < -0.3 is 9.88 Å². The number of benzene rings is 1. The molecule has 1 heterocycles. The molecule has 2 aromatic rings. The molecule has 0 unspecified atom stereocenters. The van der Waals surface area contributed by atoms with E-state index in [1.807, 2.05) is 6.92 Å². The number of rotatable bonds is 6. The molecule has 1 aromatic heterocycles. The second-order valence-electron chi connectivity index (χ2n) is 5.65. The first-order valence-corrected chi connectivity index (χ1v) is 8.47. The molecule has 9 heteroatoms. The zero-order valence-electron chi connectivity index (χ0n) is 13.3. The normalized spacial score (nSPS) is 15.1. The number of anilines is 1. The molecule has 24 heavy (non-hydrogen) atoms. The fourth-order valence-electron chi connectivity index (χ4n) is 2.37. The van der Waals surface area contributed by atoms with Crippen molar-refractivity contribution in [3.8, 4) is 0 Å². The summed E-state index contributed by atoms with van der Waals surface area (Å²) in [4.78, 5) is 22.9. The number of thioether (sulfide) groups is 1. The van der Waals surface area contributed by atoms with Crippen LogP contribution in [-0.2, 0) is 4.79 Å². The maximum absolute atomic E-state index is 12.4. The second-order valence-corrected chi connectivity index (χ2v) is 6.96. The van der Waals surface area contributed by atoms with E-state index in [4.69, 9.17) is 0 Å². The Kier molecular flexibility index (Phi) is 4.52. The number of aryl methyl sites for hydroxylation is 1. The summed E-state index contributed by atoms with van der Waals surface area (Å²) in [6, 6.07) is 6.51. The SMILES string of the molecule is Cc1nnc(S[C@H](C)C(=O)Nc2ccccc2[N+](=O)[O-])n1C1CC1. The zero-order valence-corrected chi connectivity index (χ0v) is 14.1. The number of nitrogens with one attached hydrogen (secondary N) is 1. The zero-order chi connectivity index (χ0) is 17.3. The lowest BCUT2D eigenvalue weighted by Crippen LogP contribution is -2.23. The average molecular weight is 347 g/mol. The van der Waals surface area contributed by atoms with Gasteiger partial charge in [0.1, 0.15) is 11.5 Å². The number of para-hydroxylation sites is 2. The first-order valence-electron chi connectivity index (χ1n) is 7.60. The Labute approximate surface area is 142 Å². The van der Waals surface area contributed by atoms with Crippen LogP contribution >= 0.6 is 11.8 Å². The maximum atomic E-state index is 12.4. The van der Waals surface area contributed by atoms with Gasteiger partial charge in [0.2, 0.25) is 5.91 Å². The van der Waals surface area contributed by atoms with Crippen molar-refractivity contribution in [3.05, 3.63) is 40.2 Å². The van der Waals surface area contributed by atoms with Gasteiger partial charge in [0, 0.05) is 12.1 Å². The van der Waals surface area contributed by atoms with E-state index in [1.165, 1.54) is 23.9 Å². The van der Waals surface area contributed by atoms with Crippen LogP contribution < -0.4 is 5.32 Å². The van der Waals surface area contributed by atoms with E-state index < -0.39 is 10.2 Å². The highest BCUT2D eigenvalue weighted by atomic mass is 32.2. The molecule has 1 fully saturated rings. The van der Waals surface area contributed by atoms with Crippen LogP contribution in [0.1, 0.15) is 31.6 Å². The predicted molar refractivity (Wildman–Crippen MR) is 90.1 cm³/mol. The highest BCUT2D eigenvalue weighted by Gasteiger charge is 2.30. The van der Waals surface area contributed by atoms with Crippen molar-refractivity contribution in [2.75, 3.05) is 5.32 Å². The molecule has 1 N–H and O–H groups in total. The molecule has 3 rings (SSSR count). The smallest absolute Gasteiger partial charge is 0.292 e. The van der Waals surface area contributed by atoms with Crippen molar-refractivity contribution in [2.24, 2.45) is 0 Å². The molecule has 8 nitrogen and oxygen atoms in total. The number of carbonyl (C=O) groups is 1. The number of nitrogens with zero attached hydrogens (tertiary/aromatic N) is 4. The Bertz CT molecular complexity index is 787. The van der Waals surface area contributed by atoms with Gasteiger partial charge in [-0.2, -0.15) is 0 Å². The molecular formula is C15H17N5O3S. The molecule has 1 saturated carbocycles. The average Bonchev–Trinajstić information content (AvgIpc) is 3.32. The topological polar surface area (TPSA) is 103 Å². The van der Waals surface area contributed by atoms with Crippen LogP contribution in [0.15, 0.2) is 29.4 Å². The van der Waals surface area contributed by atoms with Crippen LogP contribution in [0.5, 0.6) is 0 Å². The minimum atomic E-state index is -0.513. The highest BCUT2D eigenvalue weighted by molar-refractivity contribution is 8.00. The number of carbonyl (C=O) groups excluding carboxylic acids is 1. The largest absolute Gasteiger partial charge is 0.319 e. The summed E-state index contributed by atoms with van der Waals surface area (Å²) in [5.41, 5.74) is 0.0693. The van der Waals surface area contributed by atoms with Crippen molar-refractivity contribution >= 4 is 29.0 Å². The fraction of sp³-hybridized carbons (Fsp3) is 0.400. The molecule has 0 aliphatic heterocycles. The van der Waals surface area contributed by atoms with E-state index in [9.17, 15) is 14.9 Å². The number of aromatic nitrogens is 3. The van der Waals surface area contributed by atoms with Gasteiger partial charge in [-0.3, -0.25) is 14.9 Å². The summed E-state index contributed by atoms with van der Waals surface area (Å²) >= 11 is 1.31. The van der Waals surface area contributed by atoms with Crippen LogP contribution in [-0.4, -0.2) is 30.8 Å². The number of hydrogen-bond donors (Lipinski definition) is 1. The van der Waals surface area contributed by atoms with E-state index in [2.05, 4.69) is 20.1 Å². The van der Waals surface area contributed by atoms with E-state index in [0.29, 0.717) is 11.2 Å². The summed E-state index contributed by atoms with van der Waals surface area (Å²) in [5, 5.41) is 22.1. The molecule has 1 aliphatic carbocycles. The third kappa shape index (κ3) is 3.40. The van der Waals surface area contributed by atoms with Crippen molar-refractivity contribution in [2.45, 2.75) is 43.1 Å². The summed E-state index contributed by atoms with van der Waals surface area (Å²) in [6.07, 6.45) is 2.20. The number of nitro groups is 1. The van der Waals surface area contributed by atoms with Crippen molar-refractivity contribution in [1.82, 2.24) is 14.8 Å². The molecular weight excluding hydrogens is 330 g/mol. The van der Waals surface area contributed by atoms with E-state index in [0.717, 1.165) is 18.7 Å². The number of nitro benzene ring substituents is 1. The van der Waals surface area contributed by atoms with E-state index >= 15 is 0 Å². The second kappa shape index (κ2) is 6.60. The predicted octanol–water partition coefficient (Wildman–Crippen LogP) is 2.95. The lowest BCUT2D eigenvalue weighted by atomic mass is 10.2. The maximum Gasteiger partial charge on any atom is 0.292 e. The van der Waals surface area contributed by atoms with Gasteiger partial charge in [0.15, 0.2) is 5.16 Å². The van der Waals surface area contributed by atoms with Crippen molar-refractivity contribution in [1.29, 1.82) is 0 Å². The first-order chi connectivity index (χ1) is 11.5. The van der Waals surface area contributed by atoms with E-state index in [-0.39, 0.29) is 17.3 Å². The monoisotopic (exact) mass is 347 g/mol. The van der Waals surface area contributed by atoms with Crippen molar-refractivity contribution < 1.29 is 9.72 Å². The molecule has 1 amide bonds. The van der Waals surface area contributed by atoms with Crippen LogP contribution in [0.2, 0.25) is 0 Å². The minimum Gasteiger partial charge on any atom is -0.319 e. The van der Waals surface area contributed by atoms with Gasteiger partial charge in [0.25, 0.3) is 5.69 Å². The highest BCUT2D eigenvalue weighted by Crippen LogP contribution is 2.39. The van der Waals surface area contributed by atoms with Gasteiger partial charge in [-0.25, -0.2) is 0 Å². The van der Waals surface area contributed by atoms with Gasteiger partial charge in [-0.1, -0.05) is 23.9 Å². The summed E-state index contributed by atoms with van der Waals surface area (Å²) < 4.78 is 2.05. The number of amides is 1. The van der Waals surface area contributed by atoms with Gasteiger partial charge in [-0.15, -0.1) is 10.2 Å². The number of hydrogen-bond acceptors (Lipinski definition) is 6. The molecule has 0 radical (unpaired) electrons. The molecule has 1 atom stereocenters. The molecule has 0 saturated heterocycles. The Hall–Kier alpha value is -2.42. The summed E-state index contributed by atoms with van der Waals surface area (Å²) in [6.45, 7) is 3.64. The minimum absolute atomic E-state index is 0.125. The molecule has 1 aliphatic rings. The Balaban J connectivity index is 1.71. The van der Waals surface area contributed by atoms with Crippen LogP contribution in [0, 0.1) is 17.0 Å². The van der Waals surface area contributed by atoms with Crippen LogP contribution in [0.3, 0.4) is 0 Å². The van der Waals surface area contributed by atoms with Gasteiger partial charge in [0.05, 0.1) is 10.2 Å². The van der Waals surface area contributed by atoms with Gasteiger partial charge in [-0.05, 0) is 32.8 Å². The summed E-state index contributed by atoms with van der Waals surface area (Å²) in [7, 11) is 0. The third-order valence-electron chi connectivity index (χ3n) is 3.76. The molecule has 0 bridgehead atoms. The van der Waals surface area contributed by atoms with Crippen LogP contribution in [0.4, 0.5) is 11.4 Å². The lowest BCUT2D eigenvalue weighted by Gasteiger charge is -2.12. The first kappa shape index (κ1) is 16.4. The van der Waals surface area contributed by atoms with Crippen LogP contribution in [0.25, 0.3) is 0 Å². The Morgan fingerprint density at radius 1 is 1.42 bits per heavy atom. The van der Waals surface area contributed by atoms with E-state index in [1.54, 1.807) is 19.1 Å². The fourth-order valence-corrected chi connectivity index (χ4v) is 3.33. The van der Waals surface area contributed by atoms with Gasteiger partial charge >= 0.3 is 0 Å².